The van der Waals surface area contributed by atoms with Gasteiger partial charge in [-0.05, 0) is 6.92 Å². The number of carbonyl (C=O) groups excluding carboxylic acids is 2. The van der Waals surface area contributed by atoms with Gasteiger partial charge >= 0.3 is 11.9 Å². The predicted molar refractivity (Wildman–Crippen MR) is 63.5 cm³/mol. The van der Waals surface area contributed by atoms with Crippen LogP contribution in [0, 0.1) is 0 Å². The molecule has 0 bridgehead atoms. The second-order valence-corrected chi connectivity index (χ2v) is 3.78. The van der Waals surface area contributed by atoms with Gasteiger partial charge in [-0.15, -0.1) is 11.3 Å². The normalized spacial score (nSPS) is 10.3. The number of aromatic nitrogens is 1. The Morgan fingerprint density at radius 1 is 1.50 bits per heavy atom. The van der Waals surface area contributed by atoms with E-state index in [0.717, 1.165) is 17.4 Å². The molecule has 18 heavy (non-hydrogen) atoms. The first-order valence-electron chi connectivity index (χ1n) is 4.87. The van der Waals surface area contributed by atoms with Gasteiger partial charge in [0.1, 0.15) is 0 Å². The average Bonchev–Trinajstić information content (AvgIpc) is 2.75. The van der Waals surface area contributed by atoms with Gasteiger partial charge in [-0.1, -0.05) is 0 Å². The molecule has 7 nitrogen and oxygen atoms in total. The first kappa shape index (κ1) is 13.8. The smallest absolute Gasteiger partial charge is 0.357 e. The first-order chi connectivity index (χ1) is 8.52. The molecule has 1 amide bonds. The van der Waals surface area contributed by atoms with E-state index >= 15 is 0 Å². The van der Waals surface area contributed by atoms with Gasteiger partial charge in [0.25, 0.3) is 0 Å². The lowest BCUT2D eigenvalue weighted by Gasteiger charge is -1.97. The summed E-state index contributed by atoms with van der Waals surface area (Å²) in [6.07, 6.45) is 1.56. The lowest BCUT2D eigenvalue weighted by molar-refractivity contribution is -0.131. The zero-order chi connectivity index (χ0) is 13.5. The summed E-state index contributed by atoms with van der Waals surface area (Å²) in [4.78, 5) is 36.5. The Morgan fingerprint density at radius 2 is 2.22 bits per heavy atom. The number of nitrogens with one attached hydrogen (secondary N) is 1. The predicted octanol–water partition coefficient (Wildman–Crippen LogP) is 0.899. The molecule has 2 N–H and O–H groups in total. The topological polar surface area (TPSA) is 106 Å². The summed E-state index contributed by atoms with van der Waals surface area (Å²) in [5.41, 5.74) is 0.0966. The van der Waals surface area contributed by atoms with Gasteiger partial charge in [-0.3, -0.25) is 10.1 Å². The van der Waals surface area contributed by atoms with Crippen LogP contribution >= 0.6 is 11.3 Å². The lowest BCUT2D eigenvalue weighted by atomic mass is 10.5. The molecule has 0 spiro atoms. The summed E-state index contributed by atoms with van der Waals surface area (Å²) in [6, 6.07) is 0. The van der Waals surface area contributed by atoms with Crippen LogP contribution in [0.15, 0.2) is 17.5 Å². The van der Waals surface area contributed by atoms with Crippen LogP contribution in [0.5, 0.6) is 0 Å². The number of carbonyl (C=O) groups is 3. The highest BCUT2D eigenvalue weighted by Gasteiger charge is 2.12. The van der Waals surface area contributed by atoms with E-state index in [4.69, 9.17) is 9.84 Å². The van der Waals surface area contributed by atoms with E-state index in [9.17, 15) is 14.4 Å². The maximum absolute atomic E-state index is 11.3. The van der Waals surface area contributed by atoms with Gasteiger partial charge in [-0.2, -0.15) is 0 Å². The summed E-state index contributed by atoms with van der Waals surface area (Å²) >= 11 is 1.04. The highest BCUT2D eigenvalue weighted by molar-refractivity contribution is 7.14. The fourth-order valence-corrected chi connectivity index (χ4v) is 1.61. The Labute approximate surface area is 106 Å². The van der Waals surface area contributed by atoms with Crippen LogP contribution in [0.3, 0.4) is 0 Å². The molecule has 0 aromatic carbocycles. The van der Waals surface area contributed by atoms with E-state index in [1.807, 2.05) is 0 Å². The van der Waals surface area contributed by atoms with E-state index in [0.29, 0.717) is 6.08 Å². The Hall–Kier alpha value is -2.22. The Kier molecular flexibility index (Phi) is 5.00. The van der Waals surface area contributed by atoms with Gasteiger partial charge in [-0.25, -0.2) is 14.6 Å². The number of thiazole rings is 1. The van der Waals surface area contributed by atoms with E-state index < -0.39 is 17.8 Å². The molecule has 0 saturated heterocycles. The van der Waals surface area contributed by atoms with E-state index in [1.165, 1.54) is 5.38 Å². The highest BCUT2D eigenvalue weighted by Crippen LogP contribution is 2.16. The molecule has 0 radical (unpaired) electrons. The van der Waals surface area contributed by atoms with Crippen molar-refractivity contribution >= 4 is 34.3 Å². The van der Waals surface area contributed by atoms with Crippen molar-refractivity contribution in [3.8, 4) is 0 Å². The molecular formula is C10H10N2O5S. The number of esters is 1. The molecule has 1 rings (SSSR count). The second kappa shape index (κ2) is 6.50. The van der Waals surface area contributed by atoms with Crippen LogP contribution in [0.1, 0.15) is 17.4 Å². The molecule has 0 atom stereocenters. The summed E-state index contributed by atoms with van der Waals surface area (Å²) in [5.74, 6) is -2.44. The van der Waals surface area contributed by atoms with E-state index in [2.05, 4.69) is 10.3 Å². The zero-order valence-corrected chi connectivity index (χ0v) is 10.2. The molecule has 0 aliphatic rings. The van der Waals surface area contributed by atoms with Crippen LogP contribution in [0.4, 0.5) is 5.13 Å². The van der Waals surface area contributed by atoms with Gasteiger partial charge in [0.05, 0.1) is 6.61 Å². The van der Waals surface area contributed by atoms with E-state index in [-0.39, 0.29) is 17.4 Å². The van der Waals surface area contributed by atoms with Crippen molar-refractivity contribution in [2.24, 2.45) is 0 Å². The molecule has 1 heterocycles. The minimum atomic E-state index is -1.23. The number of anilines is 1. The SMILES string of the molecule is CCOC(=O)c1csc(NC(=O)/C=C/C(=O)O)n1. The van der Waals surface area contributed by atoms with Crippen molar-refractivity contribution in [1.29, 1.82) is 0 Å². The fraction of sp³-hybridized carbons (Fsp3) is 0.200. The standard InChI is InChI=1S/C10H10N2O5S/c1-2-17-9(16)6-5-18-10(11-6)12-7(13)3-4-8(14)15/h3-5H,2H2,1H3,(H,14,15)(H,11,12,13)/b4-3+. The second-order valence-electron chi connectivity index (χ2n) is 2.92. The summed E-state index contributed by atoms with van der Waals surface area (Å²) < 4.78 is 4.73. The Balaban J connectivity index is 2.61. The monoisotopic (exact) mass is 270 g/mol. The molecule has 96 valence electrons. The summed E-state index contributed by atoms with van der Waals surface area (Å²) in [6.45, 7) is 1.91. The maximum atomic E-state index is 11.3. The molecule has 0 saturated carbocycles. The minimum absolute atomic E-state index is 0.0966. The van der Waals surface area contributed by atoms with Crippen LogP contribution < -0.4 is 5.32 Å². The van der Waals surface area contributed by atoms with Crippen LogP contribution in [-0.4, -0.2) is 34.5 Å². The third-order valence-corrected chi connectivity index (χ3v) is 2.35. The van der Waals surface area contributed by atoms with Crippen LogP contribution in [0.2, 0.25) is 0 Å². The van der Waals surface area contributed by atoms with Crippen molar-refractivity contribution in [2.45, 2.75) is 6.92 Å². The van der Waals surface area contributed by atoms with Crippen molar-refractivity contribution in [1.82, 2.24) is 4.98 Å². The first-order valence-corrected chi connectivity index (χ1v) is 5.75. The van der Waals surface area contributed by atoms with Gasteiger partial charge in [0.2, 0.25) is 5.91 Å². The largest absolute Gasteiger partial charge is 0.478 e. The van der Waals surface area contributed by atoms with Crippen molar-refractivity contribution in [3.63, 3.8) is 0 Å². The molecule has 1 aromatic rings. The zero-order valence-electron chi connectivity index (χ0n) is 9.37. The molecule has 1 aromatic heterocycles. The molecule has 0 aliphatic carbocycles. The molecule has 0 fully saturated rings. The Morgan fingerprint density at radius 3 is 2.83 bits per heavy atom. The molecular weight excluding hydrogens is 260 g/mol. The van der Waals surface area contributed by atoms with Crippen molar-refractivity contribution in [2.75, 3.05) is 11.9 Å². The molecule has 8 heteroatoms. The lowest BCUT2D eigenvalue weighted by Crippen LogP contribution is -2.09. The number of carboxylic acids is 1. The third-order valence-electron chi connectivity index (χ3n) is 1.60. The Bertz CT molecular complexity index is 494. The van der Waals surface area contributed by atoms with Crippen molar-refractivity contribution in [3.05, 3.63) is 23.2 Å². The molecule has 0 aliphatic heterocycles. The minimum Gasteiger partial charge on any atom is -0.478 e. The molecule has 0 unspecified atom stereocenters. The summed E-state index contributed by atoms with van der Waals surface area (Å²) in [5, 5.41) is 12.3. The van der Waals surface area contributed by atoms with Gasteiger partial charge in [0, 0.05) is 17.5 Å². The van der Waals surface area contributed by atoms with Gasteiger partial charge < -0.3 is 9.84 Å². The third kappa shape index (κ3) is 4.34. The number of hydrogen-bond donors (Lipinski definition) is 2. The summed E-state index contributed by atoms with van der Waals surface area (Å²) in [7, 11) is 0. The number of nitrogens with zero attached hydrogens (tertiary/aromatic N) is 1. The fourth-order valence-electron chi connectivity index (χ4n) is 0.924. The van der Waals surface area contributed by atoms with Crippen molar-refractivity contribution < 1.29 is 24.2 Å². The number of rotatable bonds is 5. The maximum Gasteiger partial charge on any atom is 0.357 e. The quantitative estimate of drug-likeness (QED) is 0.608. The number of ether oxygens (including phenoxy) is 1. The van der Waals surface area contributed by atoms with Crippen LogP contribution in [0.25, 0.3) is 0 Å². The van der Waals surface area contributed by atoms with E-state index in [1.54, 1.807) is 6.92 Å². The average molecular weight is 270 g/mol. The number of amides is 1. The number of aliphatic carboxylic acids is 1. The van der Waals surface area contributed by atoms with Gasteiger partial charge in [0.15, 0.2) is 10.8 Å². The van der Waals surface area contributed by atoms with Crippen LogP contribution in [-0.2, 0) is 14.3 Å². The number of carboxylic acid groups (broad SMARTS) is 1. The number of hydrogen-bond acceptors (Lipinski definition) is 6. The highest BCUT2D eigenvalue weighted by atomic mass is 32.1.